The largest absolute Gasteiger partial charge is 0.493 e. The van der Waals surface area contributed by atoms with Crippen molar-refractivity contribution < 1.29 is 19.4 Å². The van der Waals surface area contributed by atoms with Crippen molar-refractivity contribution in [3.63, 3.8) is 0 Å². The fraction of sp³-hybridized carbons (Fsp3) is 0.278. The maximum Gasteiger partial charge on any atom is 0.321 e. The van der Waals surface area contributed by atoms with Crippen molar-refractivity contribution in [1.29, 1.82) is 0 Å². The Labute approximate surface area is 134 Å². The van der Waals surface area contributed by atoms with Crippen LogP contribution in [0.2, 0.25) is 0 Å². The van der Waals surface area contributed by atoms with Gasteiger partial charge in [-0.25, -0.2) is 0 Å². The number of carboxylic acid groups (broad SMARTS) is 1. The van der Waals surface area contributed by atoms with E-state index in [1.54, 1.807) is 14.2 Å². The van der Waals surface area contributed by atoms with Gasteiger partial charge < -0.3 is 14.6 Å². The van der Waals surface area contributed by atoms with Crippen LogP contribution < -0.4 is 14.8 Å². The summed E-state index contributed by atoms with van der Waals surface area (Å²) in [6.07, 6.45) is 0.411. The third-order valence-corrected chi connectivity index (χ3v) is 4.18. The lowest BCUT2D eigenvalue weighted by atomic mass is 9.86. The SMILES string of the molecule is COc1cc2c(cc1OC)C(c1ccccc1)NC(C(=O)O)C2. The number of hydrogen-bond acceptors (Lipinski definition) is 4. The molecule has 0 spiro atoms. The molecule has 0 saturated carbocycles. The summed E-state index contributed by atoms with van der Waals surface area (Å²) in [6, 6.07) is 12.8. The first-order valence-corrected chi connectivity index (χ1v) is 7.42. The minimum atomic E-state index is -0.855. The second-order valence-corrected chi connectivity index (χ2v) is 5.51. The molecule has 5 heteroatoms. The Bertz CT molecular complexity index is 714. The summed E-state index contributed by atoms with van der Waals surface area (Å²) in [6.45, 7) is 0. The summed E-state index contributed by atoms with van der Waals surface area (Å²) in [5.74, 6) is 0.401. The quantitative estimate of drug-likeness (QED) is 0.907. The molecule has 2 N–H and O–H groups in total. The molecule has 0 radical (unpaired) electrons. The predicted molar refractivity (Wildman–Crippen MR) is 86.1 cm³/mol. The Morgan fingerprint density at radius 3 is 2.39 bits per heavy atom. The molecule has 5 nitrogen and oxygen atoms in total. The highest BCUT2D eigenvalue weighted by Gasteiger charge is 2.32. The summed E-state index contributed by atoms with van der Waals surface area (Å²) in [5, 5.41) is 12.7. The monoisotopic (exact) mass is 313 g/mol. The second kappa shape index (κ2) is 6.30. The minimum absolute atomic E-state index is 0.194. The van der Waals surface area contributed by atoms with E-state index in [4.69, 9.17) is 9.47 Å². The number of ether oxygens (including phenoxy) is 2. The molecule has 3 rings (SSSR count). The predicted octanol–water partition coefficient (Wildman–Crippen LogP) is 2.39. The minimum Gasteiger partial charge on any atom is -0.493 e. The molecule has 2 unspecified atom stereocenters. The van der Waals surface area contributed by atoms with Crippen molar-refractivity contribution in [2.45, 2.75) is 18.5 Å². The number of benzene rings is 2. The molecule has 0 amide bonds. The molecule has 0 saturated heterocycles. The first-order chi connectivity index (χ1) is 11.1. The molecular weight excluding hydrogens is 294 g/mol. The maximum absolute atomic E-state index is 11.5. The van der Waals surface area contributed by atoms with E-state index >= 15 is 0 Å². The molecule has 1 aliphatic rings. The number of methoxy groups -OCH3 is 2. The Kier molecular flexibility index (Phi) is 4.21. The number of aliphatic carboxylic acids is 1. The van der Waals surface area contributed by atoms with Gasteiger partial charge in [0.1, 0.15) is 6.04 Å². The van der Waals surface area contributed by atoms with E-state index in [9.17, 15) is 9.90 Å². The molecular formula is C18H19NO4. The second-order valence-electron chi connectivity index (χ2n) is 5.51. The van der Waals surface area contributed by atoms with Crippen LogP contribution in [0.1, 0.15) is 22.7 Å². The van der Waals surface area contributed by atoms with Crippen LogP contribution in [0.15, 0.2) is 42.5 Å². The average molecular weight is 313 g/mol. The fourth-order valence-electron chi connectivity index (χ4n) is 3.03. The number of nitrogens with one attached hydrogen (secondary N) is 1. The van der Waals surface area contributed by atoms with Gasteiger partial charge in [0.2, 0.25) is 0 Å². The van der Waals surface area contributed by atoms with E-state index in [2.05, 4.69) is 5.32 Å². The summed E-state index contributed by atoms with van der Waals surface area (Å²) in [4.78, 5) is 11.5. The molecule has 2 aromatic carbocycles. The Hall–Kier alpha value is -2.53. The van der Waals surface area contributed by atoms with Crippen molar-refractivity contribution in [2.75, 3.05) is 14.2 Å². The average Bonchev–Trinajstić information content (AvgIpc) is 2.60. The van der Waals surface area contributed by atoms with Gasteiger partial charge in [-0.2, -0.15) is 0 Å². The molecule has 2 aromatic rings. The summed E-state index contributed by atoms with van der Waals surface area (Å²) < 4.78 is 10.7. The zero-order chi connectivity index (χ0) is 16.4. The Morgan fingerprint density at radius 1 is 1.13 bits per heavy atom. The van der Waals surface area contributed by atoms with Crippen LogP contribution >= 0.6 is 0 Å². The summed E-state index contributed by atoms with van der Waals surface area (Å²) in [7, 11) is 3.17. The van der Waals surface area contributed by atoms with Crippen LogP contribution in [0, 0.1) is 0 Å². The van der Waals surface area contributed by atoms with Gasteiger partial charge in [0.25, 0.3) is 0 Å². The van der Waals surface area contributed by atoms with Gasteiger partial charge in [0.15, 0.2) is 11.5 Å². The van der Waals surface area contributed by atoms with Crippen LogP contribution in [0.4, 0.5) is 0 Å². The third kappa shape index (κ3) is 2.87. The molecule has 2 atom stereocenters. The van der Waals surface area contributed by atoms with Gasteiger partial charge >= 0.3 is 5.97 Å². The standard InChI is InChI=1S/C18H19NO4/c1-22-15-9-12-8-14(18(20)21)19-17(11-6-4-3-5-7-11)13(12)10-16(15)23-2/h3-7,9-10,14,17,19H,8H2,1-2H3,(H,20,21). The molecule has 23 heavy (non-hydrogen) atoms. The maximum atomic E-state index is 11.5. The van der Waals surface area contributed by atoms with Crippen LogP contribution in [-0.4, -0.2) is 31.3 Å². The van der Waals surface area contributed by atoms with E-state index in [0.717, 1.165) is 16.7 Å². The number of carbonyl (C=O) groups is 1. The lowest BCUT2D eigenvalue weighted by molar-refractivity contribution is -0.139. The molecule has 0 aliphatic carbocycles. The van der Waals surface area contributed by atoms with Gasteiger partial charge in [0, 0.05) is 0 Å². The number of carboxylic acids is 1. The van der Waals surface area contributed by atoms with Gasteiger partial charge in [0.05, 0.1) is 20.3 Å². The number of rotatable bonds is 4. The lowest BCUT2D eigenvalue weighted by Gasteiger charge is -2.32. The highest BCUT2D eigenvalue weighted by atomic mass is 16.5. The van der Waals surface area contributed by atoms with Crippen LogP contribution in [0.5, 0.6) is 11.5 Å². The highest BCUT2D eigenvalue weighted by molar-refractivity contribution is 5.75. The zero-order valence-corrected chi connectivity index (χ0v) is 13.1. The van der Waals surface area contributed by atoms with Crippen LogP contribution in [0.25, 0.3) is 0 Å². The third-order valence-electron chi connectivity index (χ3n) is 4.18. The molecule has 0 bridgehead atoms. The summed E-state index contributed by atoms with van der Waals surface area (Å²) >= 11 is 0. The van der Waals surface area contributed by atoms with Gasteiger partial charge in [-0.1, -0.05) is 30.3 Å². The van der Waals surface area contributed by atoms with E-state index in [1.807, 2.05) is 42.5 Å². The van der Waals surface area contributed by atoms with E-state index < -0.39 is 12.0 Å². The molecule has 1 heterocycles. The Balaban J connectivity index is 2.13. The van der Waals surface area contributed by atoms with Crippen molar-refractivity contribution in [3.05, 3.63) is 59.2 Å². The van der Waals surface area contributed by atoms with Crippen molar-refractivity contribution in [2.24, 2.45) is 0 Å². The van der Waals surface area contributed by atoms with Gasteiger partial charge in [-0.15, -0.1) is 0 Å². The van der Waals surface area contributed by atoms with E-state index in [0.29, 0.717) is 17.9 Å². The molecule has 0 aromatic heterocycles. The van der Waals surface area contributed by atoms with Crippen molar-refractivity contribution in [1.82, 2.24) is 5.32 Å². The zero-order valence-electron chi connectivity index (χ0n) is 13.1. The normalized spacial score (nSPS) is 19.7. The van der Waals surface area contributed by atoms with Gasteiger partial charge in [-0.05, 0) is 35.2 Å². The first kappa shape index (κ1) is 15.4. The van der Waals surface area contributed by atoms with Crippen LogP contribution in [0.3, 0.4) is 0 Å². The van der Waals surface area contributed by atoms with Crippen molar-refractivity contribution in [3.8, 4) is 11.5 Å². The Morgan fingerprint density at radius 2 is 1.78 bits per heavy atom. The topological polar surface area (TPSA) is 67.8 Å². The number of hydrogen-bond donors (Lipinski definition) is 2. The lowest BCUT2D eigenvalue weighted by Crippen LogP contribution is -2.45. The van der Waals surface area contributed by atoms with Gasteiger partial charge in [-0.3, -0.25) is 10.1 Å². The number of fused-ring (bicyclic) bond motifs is 1. The van der Waals surface area contributed by atoms with Crippen LogP contribution in [-0.2, 0) is 11.2 Å². The molecule has 0 fully saturated rings. The first-order valence-electron chi connectivity index (χ1n) is 7.42. The smallest absolute Gasteiger partial charge is 0.321 e. The fourth-order valence-corrected chi connectivity index (χ4v) is 3.03. The summed E-state index contributed by atoms with van der Waals surface area (Å²) in [5.41, 5.74) is 3.00. The highest BCUT2D eigenvalue weighted by Crippen LogP contribution is 2.38. The van der Waals surface area contributed by atoms with Crippen molar-refractivity contribution >= 4 is 5.97 Å². The van der Waals surface area contributed by atoms with E-state index in [-0.39, 0.29) is 6.04 Å². The molecule has 1 aliphatic heterocycles. The van der Waals surface area contributed by atoms with E-state index in [1.165, 1.54) is 0 Å². The molecule has 120 valence electrons.